The summed E-state index contributed by atoms with van der Waals surface area (Å²) in [5.41, 5.74) is -0.0239. The molecule has 3 rings (SSSR count). The Labute approximate surface area is 130 Å². The summed E-state index contributed by atoms with van der Waals surface area (Å²) < 4.78 is 2.81. The Kier molecular flexibility index (Phi) is 3.53. The van der Waals surface area contributed by atoms with Gasteiger partial charge in [-0.1, -0.05) is 6.07 Å². The number of aryl methyl sites for hydroxylation is 1. The van der Waals surface area contributed by atoms with Crippen LogP contribution in [0.25, 0.3) is 5.65 Å². The van der Waals surface area contributed by atoms with E-state index in [1.54, 1.807) is 54.3 Å². The molecule has 3 heterocycles. The van der Waals surface area contributed by atoms with Crippen molar-refractivity contribution in [3.05, 3.63) is 62.8 Å². The fraction of sp³-hybridized carbons (Fsp3) is 0.214. The second kappa shape index (κ2) is 5.52. The minimum absolute atomic E-state index is 0.0371. The van der Waals surface area contributed by atoms with E-state index in [4.69, 9.17) is 0 Å². The number of aromatic nitrogens is 4. The number of nitrogens with zero attached hydrogens (tertiary/aromatic N) is 6. The molecule has 118 valence electrons. The summed E-state index contributed by atoms with van der Waals surface area (Å²) in [6.45, 7) is 0.351. The summed E-state index contributed by atoms with van der Waals surface area (Å²) in [4.78, 5) is 28.9. The monoisotopic (exact) mass is 314 g/mol. The highest BCUT2D eigenvalue weighted by Gasteiger charge is 2.26. The van der Waals surface area contributed by atoms with Gasteiger partial charge in [0.05, 0.1) is 11.1 Å². The van der Waals surface area contributed by atoms with E-state index in [2.05, 4.69) is 10.1 Å². The van der Waals surface area contributed by atoms with Crippen LogP contribution < -0.4 is 10.5 Å². The van der Waals surface area contributed by atoms with Crippen LogP contribution in [-0.4, -0.2) is 31.1 Å². The lowest BCUT2D eigenvalue weighted by molar-refractivity contribution is -0.385. The molecule has 3 aromatic rings. The second-order valence-electron chi connectivity index (χ2n) is 5.15. The fourth-order valence-corrected chi connectivity index (χ4v) is 2.40. The molecule has 0 saturated heterocycles. The van der Waals surface area contributed by atoms with Crippen LogP contribution in [0.5, 0.6) is 0 Å². The number of rotatable bonds is 4. The molecule has 0 fully saturated rings. The van der Waals surface area contributed by atoms with E-state index in [0.717, 1.165) is 5.56 Å². The molecule has 0 atom stereocenters. The Bertz CT molecular complexity index is 945. The van der Waals surface area contributed by atoms with Gasteiger partial charge in [-0.15, -0.1) is 0 Å². The van der Waals surface area contributed by atoms with Crippen molar-refractivity contribution < 1.29 is 4.92 Å². The highest BCUT2D eigenvalue weighted by atomic mass is 16.6. The van der Waals surface area contributed by atoms with E-state index >= 15 is 0 Å². The van der Waals surface area contributed by atoms with Gasteiger partial charge in [-0.05, 0) is 12.1 Å². The topological polar surface area (TPSA) is 98.6 Å². The lowest BCUT2D eigenvalue weighted by Crippen LogP contribution is -2.26. The summed E-state index contributed by atoms with van der Waals surface area (Å²) in [6.07, 6.45) is 4.93. The van der Waals surface area contributed by atoms with E-state index in [1.165, 1.54) is 10.6 Å². The van der Waals surface area contributed by atoms with Crippen molar-refractivity contribution in [1.29, 1.82) is 0 Å². The van der Waals surface area contributed by atoms with E-state index < -0.39 is 16.2 Å². The number of nitro groups is 1. The predicted molar refractivity (Wildman–Crippen MR) is 83.4 cm³/mol. The van der Waals surface area contributed by atoms with Crippen LogP contribution in [0.1, 0.15) is 5.56 Å². The van der Waals surface area contributed by atoms with Gasteiger partial charge in [0.1, 0.15) is 5.65 Å². The molecular weight excluding hydrogens is 300 g/mol. The van der Waals surface area contributed by atoms with Crippen molar-refractivity contribution >= 4 is 17.2 Å². The van der Waals surface area contributed by atoms with Crippen molar-refractivity contribution in [3.8, 4) is 0 Å². The minimum atomic E-state index is -0.700. The van der Waals surface area contributed by atoms with E-state index in [1.807, 2.05) is 0 Å². The van der Waals surface area contributed by atoms with Crippen LogP contribution in [0.4, 0.5) is 11.5 Å². The Morgan fingerprint density at radius 1 is 1.39 bits per heavy atom. The lowest BCUT2D eigenvalue weighted by Gasteiger charge is -2.17. The first-order chi connectivity index (χ1) is 11.0. The van der Waals surface area contributed by atoms with Crippen molar-refractivity contribution in [2.24, 2.45) is 7.05 Å². The first-order valence-corrected chi connectivity index (χ1v) is 6.82. The summed E-state index contributed by atoms with van der Waals surface area (Å²) in [7, 11) is 3.44. The first-order valence-electron chi connectivity index (χ1n) is 6.82. The summed E-state index contributed by atoms with van der Waals surface area (Å²) >= 11 is 0. The molecular formula is C14H14N6O3. The average molecular weight is 314 g/mol. The molecule has 0 bridgehead atoms. The van der Waals surface area contributed by atoms with Gasteiger partial charge >= 0.3 is 11.2 Å². The standard InChI is InChI=1S/C14H14N6O3/c1-17(8-10-7-15-18(2)9-10)13-12(20(22)23)14(21)19-6-4-3-5-11(19)16-13/h3-7,9H,8H2,1-2H3. The third-order valence-electron chi connectivity index (χ3n) is 3.41. The maximum absolute atomic E-state index is 12.4. The van der Waals surface area contributed by atoms with Crippen LogP contribution in [0.2, 0.25) is 0 Å². The van der Waals surface area contributed by atoms with Gasteiger partial charge in [-0.3, -0.25) is 24.0 Å². The molecule has 0 spiro atoms. The van der Waals surface area contributed by atoms with Gasteiger partial charge in [0.2, 0.25) is 5.82 Å². The highest BCUT2D eigenvalue weighted by molar-refractivity contribution is 5.61. The molecule has 0 radical (unpaired) electrons. The van der Waals surface area contributed by atoms with Crippen LogP contribution in [0, 0.1) is 10.1 Å². The minimum Gasteiger partial charge on any atom is -0.349 e. The number of pyridine rings is 1. The first kappa shape index (κ1) is 14.7. The largest absolute Gasteiger partial charge is 0.376 e. The third-order valence-corrected chi connectivity index (χ3v) is 3.41. The Morgan fingerprint density at radius 2 is 2.17 bits per heavy atom. The van der Waals surface area contributed by atoms with Gasteiger partial charge in [0.25, 0.3) is 0 Å². The lowest BCUT2D eigenvalue weighted by atomic mass is 10.3. The average Bonchev–Trinajstić information content (AvgIpc) is 2.91. The molecule has 23 heavy (non-hydrogen) atoms. The number of hydrogen-bond acceptors (Lipinski definition) is 6. The summed E-state index contributed by atoms with van der Waals surface area (Å²) in [6, 6.07) is 4.98. The van der Waals surface area contributed by atoms with Gasteiger partial charge in [-0.25, -0.2) is 4.98 Å². The quantitative estimate of drug-likeness (QED) is 0.525. The molecule has 0 aliphatic carbocycles. The molecule has 3 aromatic heterocycles. The highest BCUT2D eigenvalue weighted by Crippen LogP contribution is 2.23. The maximum Gasteiger partial charge on any atom is 0.376 e. The predicted octanol–water partition coefficient (Wildman–Crippen LogP) is 0.973. The zero-order chi connectivity index (χ0) is 16.6. The van der Waals surface area contributed by atoms with Crippen molar-refractivity contribution in [3.63, 3.8) is 0 Å². The fourth-order valence-electron chi connectivity index (χ4n) is 2.40. The van der Waals surface area contributed by atoms with Crippen LogP contribution in [0.15, 0.2) is 41.6 Å². The number of anilines is 1. The van der Waals surface area contributed by atoms with Gasteiger partial charge < -0.3 is 4.90 Å². The molecule has 9 heteroatoms. The third kappa shape index (κ3) is 2.63. The second-order valence-corrected chi connectivity index (χ2v) is 5.15. The SMILES string of the molecule is CN(Cc1cnn(C)c1)c1nc2ccccn2c(=O)c1[N+](=O)[O-]. The number of fused-ring (bicyclic) bond motifs is 1. The Balaban J connectivity index is 2.13. The molecule has 0 unspecified atom stereocenters. The van der Waals surface area contributed by atoms with Crippen LogP contribution in [-0.2, 0) is 13.6 Å². The van der Waals surface area contributed by atoms with Crippen LogP contribution >= 0.6 is 0 Å². The van der Waals surface area contributed by atoms with Gasteiger partial charge in [-0.2, -0.15) is 5.10 Å². The summed E-state index contributed by atoms with van der Waals surface area (Å²) in [5, 5.41) is 15.4. The smallest absolute Gasteiger partial charge is 0.349 e. The molecule has 9 nitrogen and oxygen atoms in total. The van der Waals surface area contributed by atoms with E-state index in [0.29, 0.717) is 12.2 Å². The molecule has 0 amide bonds. The van der Waals surface area contributed by atoms with Crippen LogP contribution in [0.3, 0.4) is 0 Å². The van der Waals surface area contributed by atoms with E-state index in [-0.39, 0.29) is 5.82 Å². The van der Waals surface area contributed by atoms with Crippen molar-refractivity contribution in [2.45, 2.75) is 6.54 Å². The summed E-state index contributed by atoms with van der Waals surface area (Å²) in [5.74, 6) is 0.0371. The van der Waals surface area contributed by atoms with Gasteiger partial charge in [0, 0.05) is 38.6 Å². The molecule has 0 aliphatic heterocycles. The zero-order valence-corrected chi connectivity index (χ0v) is 12.6. The molecule has 0 aromatic carbocycles. The van der Waals surface area contributed by atoms with Gasteiger partial charge in [0.15, 0.2) is 0 Å². The van der Waals surface area contributed by atoms with Crippen molar-refractivity contribution in [2.75, 3.05) is 11.9 Å². The molecule has 0 saturated carbocycles. The van der Waals surface area contributed by atoms with E-state index in [9.17, 15) is 14.9 Å². The Hall–Kier alpha value is -3.23. The molecule has 0 N–H and O–H groups in total. The van der Waals surface area contributed by atoms with Crippen molar-refractivity contribution in [1.82, 2.24) is 19.2 Å². The zero-order valence-electron chi connectivity index (χ0n) is 12.6. The molecule has 0 aliphatic rings. The maximum atomic E-state index is 12.4. The normalized spacial score (nSPS) is 10.9. The number of hydrogen-bond donors (Lipinski definition) is 0. The Morgan fingerprint density at radius 3 is 2.83 bits per heavy atom.